The highest BCUT2D eigenvalue weighted by atomic mass is 35.5. The summed E-state index contributed by atoms with van der Waals surface area (Å²) in [6, 6.07) is 3.59. The van der Waals surface area contributed by atoms with Gasteiger partial charge in [0, 0.05) is 29.7 Å². The number of methoxy groups -OCH3 is 1. The van der Waals surface area contributed by atoms with Gasteiger partial charge in [0.2, 0.25) is 0 Å². The number of benzene rings is 1. The van der Waals surface area contributed by atoms with E-state index >= 15 is 0 Å². The third kappa shape index (κ3) is 5.27. The Morgan fingerprint density at radius 2 is 2.16 bits per heavy atom. The highest BCUT2D eigenvalue weighted by Crippen LogP contribution is 2.34. The lowest BCUT2D eigenvalue weighted by Crippen LogP contribution is -2.24. The third-order valence-corrected chi connectivity index (χ3v) is 2.74. The van der Waals surface area contributed by atoms with Crippen LogP contribution in [0.25, 0.3) is 0 Å². The number of hydrogen-bond acceptors (Lipinski definition) is 4. The number of rotatable bonds is 8. The monoisotopic (exact) mass is 287 g/mol. The van der Waals surface area contributed by atoms with Crippen molar-refractivity contribution in [3.8, 4) is 11.5 Å². The first-order chi connectivity index (χ1) is 9.08. The predicted octanol–water partition coefficient (Wildman–Crippen LogP) is 2.61. The van der Waals surface area contributed by atoms with Crippen LogP contribution in [0.3, 0.4) is 0 Å². The fourth-order valence-electron chi connectivity index (χ4n) is 1.69. The number of ether oxygens (including phenoxy) is 2. The zero-order valence-corrected chi connectivity index (χ0v) is 12.5. The molecule has 0 aliphatic carbocycles. The van der Waals surface area contributed by atoms with Crippen LogP contribution in [0, 0.1) is 0 Å². The quantitative estimate of drug-likeness (QED) is 0.772. The van der Waals surface area contributed by atoms with Crippen LogP contribution >= 0.6 is 11.6 Å². The largest absolute Gasteiger partial charge is 0.493 e. The minimum atomic E-state index is -0.388. The summed E-state index contributed by atoms with van der Waals surface area (Å²) in [5.74, 6) is 1.35. The van der Waals surface area contributed by atoms with Crippen molar-refractivity contribution >= 4 is 11.6 Å². The summed E-state index contributed by atoms with van der Waals surface area (Å²) in [7, 11) is 1.59. The van der Waals surface area contributed by atoms with Gasteiger partial charge >= 0.3 is 0 Å². The first kappa shape index (κ1) is 16.1. The Morgan fingerprint density at radius 1 is 1.42 bits per heavy atom. The number of aliphatic hydroxyl groups excluding tert-OH is 1. The molecule has 0 amide bonds. The summed E-state index contributed by atoms with van der Waals surface area (Å²) in [4.78, 5) is 0. The number of nitrogens with one attached hydrogen (secondary N) is 1. The number of aliphatic hydroxyl groups is 1. The first-order valence-electron chi connectivity index (χ1n) is 6.46. The second-order valence-electron chi connectivity index (χ2n) is 4.42. The van der Waals surface area contributed by atoms with Gasteiger partial charge in [-0.2, -0.15) is 0 Å². The summed E-state index contributed by atoms with van der Waals surface area (Å²) < 4.78 is 11.0. The molecule has 1 atom stereocenters. The van der Waals surface area contributed by atoms with E-state index in [1.807, 2.05) is 13.0 Å². The van der Waals surface area contributed by atoms with Crippen molar-refractivity contribution in [1.82, 2.24) is 5.32 Å². The molecule has 0 saturated heterocycles. The second kappa shape index (κ2) is 8.25. The molecule has 0 heterocycles. The molecule has 1 unspecified atom stereocenters. The summed E-state index contributed by atoms with van der Waals surface area (Å²) in [5.41, 5.74) is 0.929. The van der Waals surface area contributed by atoms with Crippen molar-refractivity contribution in [3.05, 3.63) is 22.7 Å². The molecule has 0 bridgehead atoms. The third-order valence-electron chi connectivity index (χ3n) is 2.52. The average molecular weight is 288 g/mol. The van der Waals surface area contributed by atoms with Gasteiger partial charge in [0.1, 0.15) is 0 Å². The molecule has 0 saturated carbocycles. The van der Waals surface area contributed by atoms with Gasteiger partial charge in [0.15, 0.2) is 11.5 Å². The van der Waals surface area contributed by atoms with Crippen LogP contribution in [0.2, 0.25) is 5.02 Å². The minimum absolute atomic E-state index is 0.388. The lowest BCUT2D eigenvalue weighted by atomic mass is 10.1. The van der Waals surface area contributed by atoms with Crippen molar-refractivity contribution in [3.63, 3.8) is 0 Å². The Hall–Kier alpha value is -0.970. The number of hydrogen-bond donors (Lipinski definition) is 2. The molecule has 0 aliphatic heterocycles. The number of halogens is 1. The molecule has 5 heteroatoms. The molecule has 1 rings (SSSR count). The molecule has 0 spiro atoms. The van der Waals surface area contributed by atoms with Gasteiger partial charge in [-0.1, -0.05) is 18.5 Å². The average Bonchev–Trinajstić information content (AvgIpc) is 2.36. The Labute approximate surface area is 119 Å². The van der Waals surface area contributed by atoms with Crippen molar-refractivity contribution in [1.29, 1.82) is 0 Å². The topological polar surface area (TPSA) is 50.7 Å². The van der Waals surface area contributed by atoms with Gasteiger partial charge in [-0.15, -0.1) is 0 Å². The predicted molar refractivity (Wildman–Crippen MR) is 77.2 cm³/mol. The van der Waals surface area contributed by atoms with E-state index in [1.54, 1.807) is 20.1 Å². The second-order valence-corrected chi connectivity index (χ2v) is 4.86. The molecular weight excluding hydrogens is 266 g/mol. The Kier molecular flexibility index (Phi) is 6.99. The van der Waals surface area contributed by atoms with Crippen LogP contribution in [0.15, 0.2) is 12.1 Å². The van der Waals surface area contributed by atoms with Crippen molar-refractivity contribution in [2.75, 3.05) is 20.3 Å². The highest BCUT2D eigenvalue weighted by Gasteiger charge is 2.12. The van der Waals surface area contributed by atoms with E-state index in [2.05, 4.69) is 5.32 Å². The fraction of sp³-hybridized carbons (Fsp3) is 0.571. The summed E-state index contributed by atoms with van der Waals surface area (Å²) in [6.45, 7) is 5.50. The molecule has 1 aromatic rings. The molecule has 0 aliphatic rings. The first-order valence-corrected chi connectivity index (χ1v) is 6.84. The van der Waals surface area contributed by atoms with Crippen molar-refractivity contribution in [2.45, 2.75) is 32.9 Å². The fourth-order valence-corrected chi connectivity index (χ4v) is 1.92. The van der Waals surface area contributed by atoms with E-state index in [9.17, 15) is 5.11 Å². The molecule has 0 aromatic heterocycles. The lowest BCUT2D eigenvalue weighted by molar-refractivity contribution is 0.190. The van der Waals surface area contributed by atoms with Gasteiger partial charge in [-0.05, 0) is 19.4 Å². The van der Waals surface area contributed by atoms with E-state index in [0.717, 1.165) is 12.0 Å². The molecule has 4 nitrogen and oxygen atoms in total. The highest BCUT2D eigenvalue weighted by molar-refractivity contribution is 6.30. The normalized spacial score (nSPS) is 12.3. The Balaban J connectivity index is 2.88. The van der Waals surface area contributed by atoms with Gasteiger partial charge in [0.25, 0.3) is 0 Å². The molecule has 0 radical (unpaired) electrons. The molecule has 0 fully saturated rings. The molecule has 2 N–H and O–H groups in total. The van der Waals surface area contributed by atoms with E-state index in [0.29, 0.717) is 36.2 Å². The van der Waals surface area contributed by atoms with Crippen LogP contribution < -0.4 is 14.8 Å². The summed E-state index contributed by atoms with van der Waals surface area (Å²) >= 11 is 6.06. The maximum atomic E-state index is 9.25. The zero-order chi connectivity index (χ0) is 14.3. The molecule has 19 heavy (non-hydrogen) atoms. The van der Waals surface area contributed by atoms with Crippen molar-refractivity contribution in [2.24, 2.45) is 0 Å². The van der Waals surface area contributed by atoms with Crippen LogP contribution in [-0.2, 0) is 6.54 Å². The van der Waals surface area contributed by atoms with Gasteiger partial charge in [0.05, 0.1) is 19.8 Å². The van der Waals surface area contributed by atoms with Crippen LogP contribution in [-0.4, -0.2) is 31.5 Å². The summed E-state index contributed by atoms with van der Waals surface area (Å²) in [6.07, 6.45) is 0.535. The van der Waals surface area contributed by atoms with E-state index in [4.69, 9.17) is 21.1 Å². The molecule has 108 valence electrons. The zero-order valence-electron chi connectivity index (χ0n) is 11.7. The smallest absolute Gasteiger partial charge is 0.165 e. The maximum absolute atomic E-state index is 9.25. The van der Waals surface area contributed by atoms with E-state index < -0.39 is 0 Å². The van der Waals surface area contributed by atoms with Crippen molar-refractivity contribution < 1.29 is 14.6 Å². The Morgan fingerprint density at radius 3 is 2.74 bits per heavy atom. The van der Waals surface area contributed by atoms with Crippen LogP contribution in [0.4, 0.5) is 0 Å². The molecular formula is C14H22ClNO3. The van der Waals surface area contributed by atoms with Crippen LogP contribution in [0.1, 0.15) is 25.8 Å². The maximum Gasteiger partial charge on any atom is 0.165 e. The summed E-state index contributed by atoms with van der Waals surface area (Å²) in [5, 5.41) is 13.0. The van der Waals surface area contributed by atoms with Gasteiger partial charge in [-0.25, -0.2) is 0 Å². The van der Waals surface area contributed by atoms with Gasteiger partial charge < -0.3 is 19.9 Å². The minimum Gasteiger partial charge on any atom is -0.493 e. The van der Waals surface area contributed by atoms with Gasteiger partial charge in [-0.3, -0.25) is 0 Å². The Bertz CT molecular complexity index is 397. The van der Waals surface area contributed by atoms with Crippen LogP contribution in [0.5, 0.6) is 11.5 Å². The standard InChI is InChI=1S/C14H22ClNO3/c1-4-5-19-14-11(9-16-8-10(2)17)6-12(15)7-13(14)18-3/h6-7,10,16-17H,4-5,8-9H2,1-3H3. The SMILES string of the molecule is CCCOc1c(CNCC(C)O)cc(Cl)cc1OC. The molecule has 1 aromatic carbocycles. The van der Waals surface area contributed by atoms with E-state index in [1.165, 1.54) is 0 Å². The lowest BCUT2D eigenvalue weighted by Gasteiger charge is -2.16. The van der Waals surface area contributed by atoms with E-state index in [-0.39, 0.29) is 6.10 Å².